The lowest BCUT2D eigenvalue weighted by atomic mass is 10.1. The van der Waals surface area contributed by atoms with E-state index in [2.05, 4.69) is 16.1 Å². The second-order valence-electron chi connectivity index (χ2n) is 6.62. The number of benzene rings is 2. The first-order valence-electron chi connectivity index (χ1n) is 8.88. The average Bonchev–Trinajstić information content (AvgIpc) is 3.12. The SMILES string of the molecule is COc1ccccc1CN1CCn2nc(C(O)c3ccccc3)cc2C1. The lowest BCUT2D eigenvalue weighted by molar-refractivity contribution is 0.198. The fraction of sp³-hybridized carbons (Fsp3) is 0.286. The van der Waals surface area contributed by atoms with Crippen LogP contribution in [0.5, 0.6) is 5.75 Å². The number of para-hydroxylation sites is 1. The van der Waals surface area contributed by atoms with Crippen LogP contribution in [-0.2, 0) is 19.6 Å². The van der Waals surface area contributed by atoms with Gasteiger partial charge in [0.15, 0.2) is 0 Å². The molecule has 0 radical (unpaired) electrons. The zero-order valence-corrected chi connectivity index (χ0v) is 14.9. The molecule has 1 aliphatic heterocycles. The number of fused-ring (bicyclic) bond motifs is 1. The summed E-state index contributed by atoms with van der Waals surface area (Å²) in [5.41, 5.74) is 3.91. The molecule has 5 nitrogen and oxygen atoms in total. The number of hydrogen-bond acceptors (Lipinski definition) is 4. The molecule has 26 heavy (non-hydrogen) atoms. The van der Waals surface area contributed by atoms with Gasteiger partial charge in [0.1, 0.15) is 11.9 Å². The lowest BCUT2D eigenvalue weighted by Crippen LogP contribution is -2.33. The Hall–Kier alpha value is -2.63. The number of aliphatic hydroxyl groups is 1. The minimum Gasteiger partial charge on any atom is -0.496 e. The monoisotopic (exact) mass is 349 g/mol. The van der Waals surface area contributed by atoms with Crippen LogP contribution in [0.25, 0.3) is 0 Å². The Morgan fingerprint density at radius 2 is 1.85 bits per heavy atom. The van der Waals surface area contributed by atoms with Crippen LogP contribution in [0.15, 0.2) is 60.7 Å². The van der Waals surface area contributed by atoms with Crippen molar-refractivity contribution in [1.29, 1.82) is 0 Å². The third-order valence-corrected chi connectivity index (χ3v) is 4.88. The molecular weight excluding hydrogens is 326 g/mol. The number of nitrogens with zero attached hydrogens (tertiary/aromatic N) is 3. The highest BCUT2D eigenvalue weighted by Gasteiger charge is 2.22. The molecule has 0 bridgehead atoms. The van der Waals surface area contributed by atoms with Gasteiger partial charge in [-0.05, 0) is 17.7 Å². The van der Waals surface area contributed by atoms with Crippen molar-refractivity contribution in [1.82, 2.24) is 14.7 Å². The largest absolute Gasteiger partial charge is 0.496 e. The number of ether oxygens (including phenoxy) is 1. The second kappa shape index (κ2) is 7.32. The highest BCUT2D eigenvalue weighted by molar-refractivity contribution is 5.33. The van der Waals surface area contributed by atoms with Gasteiger partial charge in [-0.15, -0.1) is 0 Å². The molecule has 1 aliphatic rings. The van der Waals surface area contributed by atoms with Crippen molar-refractivity contribution in [3.8, 4) is 5.75 Å². The van der Waals surface area contributed by atoms with Gasteiger partial charge >= 0.3 is 0 Å². The summed E-state index contributed by atoms with van der Waals surface area (Å²) in [7, 11) is 1.71. The molecule has 0 spiro atoms. The fourth-order valence-electron chi connectivity index (χ4n) is 3.49. The Morgan fingerprint density at radius 1 is 1.08 bits per heavy atom. The standard InChI is InChI=1S/C21H23N3O2/c1-26-20-10-6-5-9-17(20)14-23-11-12-24-18(15-23)13-19(22-24)21(25)16-7-3-2-4-8-16/h2-10,13,21,25H,11-12,14-15H2,1H3. The maximum atomic E-state index is 10.6. The van der Waals surface area contributed by atoms with Crippen molar-refractivity contribution in [2.45, 2.75) is 25.7 Å². The van der Waals surface area contributed by atoms with E-state index in [0.717, 1.165) is 43.2 Å². The van der Waals surface area contributed by atoms with Crippen molar-refractivity contribution in [3.63, 3.8) is 0 Å². The van der Waals surface area contributed by atoms with Crippen molar-refractivity contribution in [2.24, 2.45) is 0 Å². The van der Waals surface area contributed by atoms with Gasteiger partial charge in [-0.3, -0.25) is 9.58 Å². The average molecular weight is 349 g/mol. The lowest BCUT2D eigenvalue weighted by Gasteiger charge is -2.28. The predicted molar refractivity (Wildman–Crippen MR) is 99.8 cm³/mol. The van der Waals surface area contributed by atoms with Gasteiger partial charge in [-0.25, -0.2) is 0 Å². The number of rotatable bonds is 5. The van der Waals surface area contributed by atoms with Crippen molar-refractivity contribution in [3.05, 3.63) is 83.2 Å². The molecule has 0 saturated heterocycles. The molecule has 0 fully saturated rings. The number of aliphatic hydroxyl groups excluding tert-OH is 1. The van der Waals surface area contributed by atoms with E-state index >= 15 is 0 Å². The van der Waals surface area contributed by atoms with Crippen LogP contribution < -0.4 is 4.74 Å². The van der Waals surface area contributed by atoms with Crippen LogP contribution >= 0.6 is 0 Å². The van der Waals surface area contributed by atoms with Gasteiger partial charge in [0, 0.05) is 25.2 Å². The molecule has 0 saturated carbocycles. The summed E-state index contributed by atoms with van der Waals surface area (Å²) in [4.78, 5) is 2.38. The second-order valence-corrected chi connectivity index (χ2v) is 6.62. The topological polar surface area (TPSA) is 50.5 Å². The molecule has 3 aromatic rings. The minimum atomic E-state index is -0.683. The van der Waals surface area contributed by atoms with Crippen molar-refractivity contribution in [2.75, 3.05) is 13.7 Å². The summed E-state index contributed by atoms with van der Waals surface area (Å²) in [6, 6.07) is 19.8. The van der Waals surface area contributed by atoms with E-state index in [1.54, 1.807) is 7.11 Å². The highest BCUT2D eigenvalue weighted by Crippen LogP contribution is 2.25. The first kappa shape index (κ1) is 16.8. The van der Waals surface area contributed by atoms with Crippen LogP contribution in [-0.4, -0.2) is 33.4 Å². The summed E-state index contributed by atoms with van der Waals surface area (Å²) in [5, 5.41) is 15.2. The van der Waals surface area contributed by atoms with Crippen LogP contribution in [0, 0.1) is 0 Å². The summed E-state index contributed by atoms with van der Waals surface area (Å²) < 4.78 is 7.48. The Balaban J connectivity index is 1.50. The molecule has 2 aromatic carbocycles. The van der Waals surface area contributed by atoms with Gasteiger partial charge < -0.3 is 9.84 Å². The fourth-order valence-corrected chi connectivity index (χ4v) is 3.49. The van der Waals surface area contributed by atoms with Gasteiger partial charge in [-0.2, -0.15) is 5.10 Å². The molecule has 134 valence electrons. The van der Waals surface area contributed by atoms with Crippen LogP contribution in [0.4, 0.5) is 0 Å². The van der Waals surface area contributed by atoms with E-state index in [-0.39, 0.29) is 0 Å². The Labute approximate surface area is 153 Å². The molecule has 1 unspecified atom stereocenters. The van der Waals surface area contributed by atoms with Gasteiger partial charge in [0.2, 0.25) is 0 Å². The van der Waals surface area contributed by atoms with Gasteiger partial charge in [0.05, 0.1) is 25.0 Å². The maximum absolute atomic E-state index is 10.6. The zero-order valence-electron chi connectivity index (χ0n) is 14.9. The van der Waals surface area contributed by atoms with Gasteiger partial charge in [-0.1, -0.05) is 48.5 Å². The summed E-state index contributed by atoms with van der Waals surface area (Å²) in [6.07, 6.45) is -0.683. The highest BCUT2D eigenvalue weighted by atomic mass is 16.5. The molecular formula is C21H23N3O2. The quantitative estimate of drug-likeness (QED) is 0.769. The third kappa shape index (κ3) is 3.36. The Bertz CT molecular complexity index is 876. The zero-order chi connectivity index (χ0) is 17.9. The molecule has 2 heterocycles. The molecule has 0 aliphatic carbocycles. The van der Waals surface area contributed by atoms with E-state index in [1.807, 2.05) is 59.3 Å². The van der Waals surface area contributed by atoms with Crippen molar-refractivity contribution < 1.29 is 9.84 Å². The first-order valence-corrected chi connectivity index (χ1v) is 8.88. The third-order valence-electron chi connectivity index (χ3n) is 4.88. The smallest absolute Gasteiger partial charge is 0.123 e. The molecule has 1 N–H and O–H groups in total. The number of aromatic nitrogens is 2. The summed E-state index contributed by atoms with van der Waals surface area (Å²) >= 11 is 0. The molecule has 1 atom stereocenters. The van der Waals surface area contributed by atoms with E-state index < -0.39 is 6.10 Å². The molecule has 1 aromatic heterocycles. The van der Waals surface area contributed by atoms with Gasteiger partial charge in [0.25, 0.3) is 0 Å². The minimum absolute atomic E-state index is 0.683. The Kier molecular flexibility index (Phi) is 4.73. The van der Waals surface area contributed by atoms with E-state index in [4.69, 9.17) is 4.74 Å². The van der Waals surface area contributed by atoms with Crippen molar-refractivity contribution >= 4 is 0 Å². The van der Waals surface area contributed by atoms with Crippen LogP contribution in [0.2, 0.25) is 0 Å². The van der Waals surface area contributed by atoms with Crippen LogP contribution in [0.3, 0.4) is 0 Å². The maximum Gasteiger partial charge on any atom is 0.123 e. The Morgan fingerprint density at radius 3 is 2.65 bits per heavy atom. The van der Waals surface area contributed by atoms with E-state index in [1.165, 1.54) is 5.56 Å². The van der Waals surface area contributed by atoms with E-state index in [9.17, 15) is 5.11 Å². The summed E-state index contributed by atoms with van der Waals surface area (Å²) in [5.74, 6) is 0.923. The molecule has 4 rings (SSSR count). The number of hydrogen-bond donors (Lipinski definition) is 1. The molecule has 0 amide bonds. The number of methoxy groups -OCH3 is 1. The van der Waals surface area contributed by atoms with E-state index in [0.29, 0.717) is 5.69 Å². The first-order chi connectivity index (χ1) is 12.7. The predicted octanol–water partition coefficient (Wildman–Crippen LogP) is 2.99. The molecule has 5 heteroatoms. The summed E-state index contributed by atoms with van der Waals surface area (Å²) in [6.45, 7) is 3.40. The normalized spacial score (nSPS) is 15.5. The van der Waals surface area contributed by atoms with Crippen LogP contribution in [0.1, 0.15) is 28.6 Å².